The number of rotatable bonds is 5. The molecule has 1 N–H and O–H groups in total. The number of fused-ring (bicyclic) bond motifs is 1. The quantitative estimate of drug-likeness (QED) is 0.784. The summed E-state index contributed by atoms with van der Waals surface area (Å²) in [4.78, 5) is 21.6. The monoisotopic (exact) mass is 236 g/mol. The molecule has 1 aliphatic heterocycles. The first-order valence-electron chi connectivity index (χ1n) is 5.31. The first-order chi connectivity index (χ1) is 8.16. The molecule has 0 amide bonds. The molecule has 90 valence electrons. The summed E-state index contributed by atoms with van der Waals surface area (Å²) < 4.78 is 10.5. The van der Waals surface area contributed by atoms with Crippen LogP contribution in [0.1, 0.15) is 23.2 Å². The van der Waals surface area contributed by atoms with Crippen molar-refractivity contribution in [2.45, 2.75) is 12.8 Å². The lowest BCUT2D eigenvalue weighted by Crippen LogP contribution is -2.02. The van der Waals surface area contributed by atoms with E-state index in [-0.39, 0.29) is 18.8 Å². The highest BCUT2D eigenvalue weighted by Crippen LogP contribution is 2.29. The third-order valence-electron chi connectivity index (χ3n) is 2.42. The number of ketones is 1. The van der Waals surface area contributed by atoms with Gasteiger partial charge < -0.3 is 14.6 Å². The smallest absolute Gasteiger partial charge is 0.303 e. The molecule has 0 aliphatic carbocycles. The molecule has 5 heteroatoms. The molecule has 0 atom stereocenters. The van der Waals surface area contributed by atoms with Gasteiger partial charge in [0.05, 0.1) is 12.2 Å². The SMILES string of the molecule is O=C(O)CCCOc1ccc2c(c1)OCC2=O. The summed E-state index contributed by atoms with van der Waals surface area (Å²) >= 11 is 0. The number of hydrogen-bond donors (Lipinski definition) is 1. The number of carbonyl (C=O) groups is 2. The Balaban J connectivity index is 1.90. The van der Waals surface area contributed by atoms with Crippen molar-refractivity contribution in [3.05, 3.63) is 23.8 Å². The first-order valence-corrected chi connectivity index (χ1v) is 5.31. The van der Waals surface area contributed by atoms with Gasteiger partial charge in [0.1, 0.15) is 11.5 Å². The van der Waals surface area contributed by atoms with Crippen molar-refractivity contribution >= 4 is 11.8 Å². The predicted octanol–water partition coefficient (Wildman–Crippen LogP) is 1.51. The summed E-state index contributed by atoms with van der Waals surface area (Å²) in [6.07, 6.45) is 0.534. The minimum Gasteiger partial charge on any atom is -0.493 e. The number of ether oxygens (including phenoxy) is 2. The molecule has 1 aliphatic rings. The Morgan fingerprint density at radius 2 is 2.29 bits per heavy atom. The van der Waals surface area contributed by atoms with Crippen LogP contribution in [0.2, 0.25) is 0 Å². The standard InChI is InChI=1S/C12H12O5/c13-10-7-17-11-6-8(3-4-9(10)11)16-5-1-2-12(14)15/h3-4,6H,1-2,5,7H2,(H,14,15). The summed E-state index contributed by atoms with van der Waals surface area (Å²) in [5, 5.41) is 8.45. The summed E-state index contributed by atoms with van der Waals surface area (Å²) in [6.45, 7) is 0.414. The second-order valence-electron chi connectivity index (χ2n) is 3.72. The second kappa shape index (κ2) is 4.86. The highest BCUT2D eigenvalue weighted by Gasteiger charge is 2.21. The van der Waals surface area contributed by atoms with Gasteiger partial charge in [-0.3, -0.25) is 9.59 Å². The molecule has 1 aromatic rings. The molecule has 0 fully saturated rings. The highest BCUT2D eigenvalue weighted by molar-refractivity contribution is 6.02. The zero-order valence-corrected chi connectivity index (χ0v) is 9.14. The maximum atomic E-state index is 11.3. The van der Waals surface area contributed by atoms with Crippen LogP contribution in [0.25, 0.3) is 0 Å². The van der Waals surface area contributed by atoms with Crippen molar-refractivity contribution in [3.63, 3.8) is 0 Å². The topological polar surface area (TPSA) is 72.8 Å². The zero-order valence-electron chi connectivity index (χ0n) is 9.14. The van der Waals surface area contributed by atoms with Crippen molar-refractivity contribution in [2.24, 2.45) is 0 Å². The van der Waals surface area contributed by atoms with Crippen LogP contribution in [0, 0.1) is 0 Å². The van der Waals surface area contributed by atoms with Crippen molar-refractivity contribution < 1.29 is 24.2 Å². The van der Waals surface area contributed by atoms with Crippen LogP contribution >= 0.6 is 0 Å². The van der Waals surface area contributed by atoms with E-state index in [1.807, 2.05) is 0 Å². The molecular weight excluding hydrogens is 224 g/mol. The fraction of sp³-hybridized carbons (Fsp3) is 0.333. The minimum absolute atomic E-state index is 0.0302. The van der Waals surface area contributed by atoms with Crippen LogP contribution in [0.4, 0.5) is 0 Å². The fourth-order valence-corrected chi connectivity index (χ4v) is 1.58. The van der Waals surface area contributed by atoms with E-state index in [1.165, 1.54) is 0 Å². The van der Waals surface area contributed by atoms with E-state index in [1.54, 1.807) is 18.2 Å². The van der Waals surface area contributed by atoms with Gasteiger partial charge >= 0.3 is 5.97 Å². The van der Waals surface area contributed by atoms with Gasteiger partial charge in [-0.05, 0) is 18.6 Å². The number of Topliss-reactive ketones (excluding diaryl/α,β-unsaturated/α-hetero) is 1. The number of carboxylic acid groups (broad SMARTS) is 1. The van der Waals surface area contributed by atoms with E-state index < -0.39 is 5.97 Å². The molecule has 0 bridgehead atoms. The van der Waals surface area contributed by atoms with E-state index >= 15 is 0 Å². The lowest BCUT2D eigenvalue weighted by atomic mass is 10.1. The Morgan fingerprint density at radius 3 is 3.06 bits per heavy atom. The van der Waals surface area contributed by atoms with Crippen LogP contribution in [0.3, 0.4) is 0 Å². The Morgan fingerprint density at radius 1 is 1.47 bits per heavy atom. The third-order valence-corrected chi connectivity index (χ3v) is 2.42. The highest BCUT2D eigenvalue weighted by atomic mass is 16.5. The van der Waals surface area contributed by atoms with Gasteiger partial charge in [-0.2, -0.15) is 0 Å². The van der Waals surface area contributed by atoms with E-state index in [4.69, 9.17) is 14.6 Å². The number of benzene rings is 1. The second-order valence-corrected chi connectivity index (χ2v) is 3.72. The maximum Gasteiger partial charge on any atom is 0.303 e. The van der Waals surface area contributed by atoms with Gasteiger partial charge in [0.25, 0.3) is 0 Å². The molecule has 0 aromatic heterocycles. The van der Waals surface area contributed by atoms with Gasteiger partial charge in [0.2, 0.25) is 5.78 Å². The van der Waals surface area contributed by atoms with Crippen molar-refractivity contribution in [1.82, 2.24) is 0 Å². The number of carboxylic acids is 1. The lowest BCUT2D eigenvalue weighted by molar-refractivity contribution is -0.137. The van der Waals surface area contributed by atoms with Crippen molar-refractivity contribution in [1.29, 1.82) is 0 Å². The van der Waals surface area contributed by atoms with Gasteiger partial charge in [0, 0.05) is 12.5 Å². The van der Waals surface area contributed by atoms with Crippen LogP contribution < -0.4 is 9.47 Å². The molecule has 1 heterocycles. The number of hydrogen-bond acceptors (Lipinski definition) is 4. The minimum atomic E-state index is -0.837. The average Bonchev–Trinajstić information content (AvgIpc) is 2.66. The molecule has 0 saturated heterocycles. The van der Waals surface area contributed by atoms with Crippen molar-refractivity contribution in [2.75, 3.05) is 13.2 Å². The molecule has 0 unspecified atom stereocenters. The largest absolute Gasteiger partial charge is 0.493 e. The predicted molar refractivity (Wildman–Crippen MR) is 58.6 cm³/mol. The first kappa shape index (κ1) is 11.4. The Hall–Kier alpha value is -2.04. The van der Waals surface area contributed by atoms with E-state index in [2.05, 4.69) is 0 Å². The molecular formula is C12H12O5. The lowest BCUT2D eigenvalue weighted by Gasteiger charge is -2.06. The molecule has 0 radical (unpaired) electrons. The maximum absolute atomic E-state index is 11.3. The van der Waals surface area contributed by atoms with E-state index in [9.17, 15) is 9.59 Å². The summed E-state index contributed by atoms with van der Waals surface area (Å²) in [7, 11) is 0. The Labute approximate surface area is 98.0 Å². The van der Waals surface area contributed by atoms with Gasteiger partial charge in [-0.1, -0.05) is 0 Å². The van der Waals surface area contributed by atoms with Crippen LogP contribution in [-0.4, -0.2) is 30.1 Å². The number of carbonyl (C=O) groups excluding carboxylic acids is 1. The average molecular weight is 236 g/mol. The molecule has 5 nitrogen and oxygen atoms in total. The van der Waals surface area contributed by atoms with E-state index in [0.717, 1.165) is 0 Å². The summed E-state index contributed by atoms with van der Waals surface area (Å²) in [6, 6.07) is 5.00. The van der Waals surface area contributed by atoms with Crippen LogP contribution in [-0.2, 0) is 4.79 Å². The molecule has 17 heavy (non-hydrogen) atoms. The normalized spacial score (nSPS) is 13.1. The van der Waals surface area contributed by atoms with Crippen LogP contribution in [0.5, 0.6) is 11.5 Å². The summed E-state index contributed by atoms with van der Waals surface area (Å²) in [5.41, 5.74) is 0.572. The van der Waals surface area contributed by atoms with Crippen molar-refractivity contribution in [3.8, 4) is 11.5 Å². The number of aliphatic carboxylic acids is 1. The van der Waals surface area contributed by atoms with Gasteiger partial charge in [-0.25, -0.2) is 0 Å². The molecule has 0 spiro atoms. The zero-order chi connectivity index (χ0) is 12.3. The van der Waals surface area contributed by atoms with Gasteiger partial charge in [-0.15, -0.1) is 0 Å². The molecule has 0 saturated carbocycles. The van der Waals surface area contributed by atoms with Crippen LogP contribution in [0.15, 0.2) is 18.2 Å². The summed E-state index contributed by atoms with van der Waals surface area (Å²) in [5.74, 6) is 0.253. The Bertz CT molecular complexity index is 452. The Kier molecular flexibility index (Phi) is 3.27. The third kappa shape index (κ3) is 2.75. The molecule has 2 rings (SSSR count). The molecule has 1 aromatic carbocycles. The van der Waals surface area contributed by atoms with E-state index in [0.29, 0.717) is 30.1 Å². The van der Waals surface area contributed by atoms with Gasteiger partial charge in [0.15, 0.2) is 6.61 Å². The fourth-order valence-electron chi connectivity index (χ4n) is 1.58.